The Hall–Kier alpha value is -3.38. The number of rotatable bonds is 10. The molecule has 31 heavy (non-hydrogen) atoms. The quantitative estimate of drug-likeness (QED) is 0.536. The standard InChI is InChI=1S/C25H27FN2O3/c1-28(16-17-31-23-14-10-21(26)11-15-23)18-24(29)27-25(19-6-4-3-5-7-19)20-8-12-22(30-2)13-9-20/h3-15,25H,16-18H2,1-2H3,(H,27,29)/t25-/m0/s1. The third-order valence-electron chi connectivity index (χ3n) is 4.86. The van der Waals surface area contributed by atoms with E-state index in [0.29, 0.717) is 18.9 Å². The molecule has 0 unspecified atom stereocenters. The van der Waals surface area contributed by atoms with Crippen LogP contribution in [0.25, 0.3) is 0 Å². The number of ether oxygens (including phenoxy) is 2. The van der Waals surface area contributed by atoms with Gasteiger partial charge in [-0.3, -0.25) is 9.69 Å². The van der Waals surface area contributed by atoms with Gasteiger partial charge < -0.3 is 14.8 Å². The molecule has 6 heteroatoms. The fraction of sp³-hybridized carbons (Fsp3) is 0.240. The molecule has 0 aromatic heterocycles. The molecular weight excluding hydrogens is 395 g/mol. The van der Waals surface area contributed by atoms with Gasteiger partial charge in [0, 0.05) is 6.54 Å². The van der Waals surface area contributed by atoms with Crippen LogP contribution in [0, 0.1) is 5.82 Å². The van der Waals surface area contributed by atoms with Crippen LogP contribution in [0.5, 0.6) is 11.5 Å². The zero-order valence-electron chi connectivity index (χ0n) is 17.8. The summed E-state index contributed by atoms with van der Waals surface area (Å²) in [6.45, 7) is 1.19. The van der Waals surface area contributed by atoms with Gasteiger partial charge in [-0.2, -0.15) is 0 Å². The van der Waals surface area contributed by atoms with Crippen LogP contribution in [-0.4, -0.2) is 44.7 Å². The minimum Gasteiger partial charge on any atom is -0.497 e. The summed E-state index contributed by atoms with van der Waals surface area (Å²) in [5, 5.41) is 3.13. The van der Waals surface area contributed by atoms with E-state index < -0.39 is 0 Å². The summed E-state index contributed by atoms with van der Waals surface area (Å²) in [5.74, 6) is 0.977. The molecule has 5 nitrogen and oxygen atoms in total. The molecule has 0 bridgehead atoms. The van der Waals surface area contributed by atoms with Crippen molar-refractivity contribution in [1.82, 2.24) is 10.2 Å². The summed E-state index contributed by atoms with van der Waals surface area (Å²) in [6, 6.07) is 23.2. The molecular formula is C25H27FN2O3. The minimum absolute atomic E-state index is 0.0889. The lowest BCUT2D eigenvalue weighted by molar-refractivity contribution is -0.122. The van der Waals surface area contributed by atoms with Crippen molar-refractivity contribution in [2.45, 2.75) is 6.04 Å². The van der Waals surface area contributed by atoms with Crippen LogP contribution < -0.4 is 14.8 Å². The van der Waals surface area contributed by atoms with E-state index in [9.17, 15) is 9.18 Å². The number of benzene rings is 3. The predicted octanol–water partition coefficient (Wildman–Crippen LogP) is 4.05. The number of hydrogen-bond donors (Lipinski definition) is 1. The normalized spacial score (nSPS) is 11.7. The van der Waals surface area contributed by atoms with Crippen molar-refractivity contribution in [3.8, 4) is 11.5 Å². The van der Waals surface area contributed by atoms with E-state index in [2.05, 4.69) is 5.32 Å². The Kier molecular flexibility index (Phi) is 8.01. The number of halogens is 1. The summed E-state index contributed by atoms with van der Waals surface area (Å²) < 4.78 is 23.8. The highest BCUT2D eigenvalue weighted by atomic mass is 19.1. The van der Waals surface area contributed by atoms with E-state index in [1.165, 1.54) is 12.1 Å². The van der Waals surface area contributed by atoms with E-state index in [4.69, 9.17) is 9.47 Å². The Morgan fingerprint density at radius 3 is 2.19 bits per heavy atom. The second-order valence-corrected chi connectivity index (χ2v) is 7.22. The van der Waals surface area contributed by atoms with Gasteiger partial charge >= 0.3 is 0 Å². The zero-order chi connectivity index (χ0) is 22.1. The molecule has 1 N–H and O–H groups in total. The first-order valence-electron chi connectivity index (χ1n) is 10.1. The molecule has 0 saturated heterocycles. The lowest BCUT2D eigenvalue weighted by atomic mass is 9.98. The highest BCUT2D eigenvalue weighted by molar-refractivity contribution is 5.79. The molecule has 162 valence electrons. The Morgan fingerprint density at radius 1 is 0.935 bits per heavy atom. The Balaban J connectivity index is 1.57. The largest absolute Gasteiger partial charge is 0.497 e. The number of nitrogens with zero attached hydrogens (tertiary/aromatic N) is 1. The molecule has 0 fully saturated rings. The van der Waals surface area contributed by atoms with E-state index in [1.807, 2.05) is 66.5 Å². The van der Waals surface area contributed by atoms with Crippen molar-refractivity contribution in [2.24, 2.45) is 0 Å². The van der Waals surface area contributed by atoms with Gasteiger partial charge in [0.25, 0.3) is 0 Å². The van der Waals surface area contributed by atoms with Crippen LogP contribution >= 0.6 is 0 Å². The highest BCUT2D eigenvalue weighted by Gasteiger charge is 2.18. The van der Waals surface area contributed by atoms with E-state index in [1.54, 1.807) is 19.2 Å². The molecule has 1 atom stereocenters. The second-order valence-electron chi connectivity index (χ2n) is 7.22. The van der Waals surface area contributed by atoms with Crippen molar-refractivity contribution in [1.29, 1.82) is 0 Å². The van der Waals surface area contributed by atoms with E-state index in [-0.39, 0.29) is 24.3 Å². The predicted molar refractivity (Wildman–Crippen MR) is 119 cm³/mol. The molecule has 0 aliphatic carbocycles. The molecule has 0 spiro atoms. The van der Waals surface area contributed by atoms with Gasteiger partial charge in [0.15, 0.2) is 0 Å². The van der Waals surface area contributed by atoms with Crippen molar-refractivity contribution < 1.29 is 18.7 Å². The van der Waals surface area contributed by atoms with Crippen LogP contribution in [-0.2, 0) is 4.79 Å². The van der Waals surface area contributed by atoms with Crippen LogP contribution in [0.2, 0.25) is 0 Å². The van der Waals surface area contributed by atoms with Gasteiger partial charge in [-0.1, -0.05) is 42.5 Å². The van der Waals surface area contributed by atoms with E-state index in [0.717, 1.165) is 16.9 Å². The fourth-order valence-electron chi connectivity index (χ4n) is 3.18. The molecule has 0 heterocycles. The number of methoxy groups -OCH3 is 1. The van der Waals surface area contributed by atoms with Gasteiger partial charge in [0.2, 0.25) is 5.91 Å². The van der Waals surface area contributed by atoms with Crippen molar-refractivity contribution in [3.63, 3.8) is 0 Å². The summed E-state index contributed by atoms with van der Waals surface area (Å²) >= 11 is 0. The molecule has 1 amide bonds. The summed E-state index contributed by atoms with van der Waals surface area (Å²) in [4.78, 5) is 14.6. The number of hydrogen-bond acceptors (Lipinski definition) is 4. The molecule has 0 aliphatic rings. The summed E-state index contributed by atoms with van der Waals surface area (Å²) in [7, 11) is 3.49. The molecule has 0 aliphatic heterocycles. The van der Waals surface area contributed by atoms with Gasteiger partial charge in [-0.15, -0.1) is 0 Å². The minimum atomic E-state index is -0.300. The fourth-order valence-corrected chi connectivity index (χ4v) is 3.18. The maximum Gasteiger partial charge on any atom is 0.234 e. The Bertz CT molecular complexity index is 947. The van der Waals surface area contributed by atoms with Gasteiger partial charge in [0.05, 0.1) is 19.7 Å². The average molecular weight is 422 g/mol. The van der Waals surface area contributed by atoms with Crippen molar-refractivity contribution >= 4 is 5.91 Å². The Labute approximate surface area is 182 Å². The van der Waals surface area contributed by atoms with Crippen LogP contribution in [0.1, 0.15) is 17.2 Å². The lowest BCUT2D eigenvalue weighted by Gasteiger charge is -2.22. The number of likely N-dealkylation sites (N-methyl/N-ethyl adjacent to an activating group) is 1. The van der Waals surface area contributed by atoms with Gasteiger partial charge in [-0.05, 0) is 54.6 Å². The molecule has 3 aromatic carbocycles. The SMILES string of the molecule is COc1ccc([C@@H](NC(=O)CN(C)CCOc2ccc(F)cc2)c2ccccc2)cc1. The summed E-state index contributed by atoms with van der Waals surface area (Å²) in [6.07, 6.45) is 0. The van der Waals surface area contributed by atoms with Crippen LogP contribution in [0.15, 0.2) is 78.9 Å². The first-order valence-corrected chi connectivity index (χ1v) is 10.1. The molecule has 3 rings (SSSR count). The van der Waals surface area contributed by atoms with E-state index >= 15 is 0 Å². The number of carbonyl (C=O) groups is 1. The second kappa shape index (κ2) is 11.1. The number of nitrogens with one attached hydrogen (secondary N) is 1. The monoisotopic (exact) mass is 422 g/mol. The first kappa shape index (κ1) is 22.3. The highest BCUT2D eigenvalue weighted by Crippen LogP contribution is 2.24. The number of carbonyl (C=O) groups excluding carboxylic acids is 1. The van der Waals surface area contributed by atoms with Gasteiger partial charge in [0.1, 0.15) is 23.9 Å². The summed E-state index contributed by atoms with van der Waals surface area (Å²) in [5.41, 5.74) is 1.98. The topological polar surface area (TPSA) is 50.8 Å². The smallest absolute Gasteiger partial charge is 0.234 e. The molecule has 0 saturated carbocycles. The van der Waals surface area contributed by atoms with Crippen molar-refractivity contribution in [3.05, 3.63) is 95.8 Å². The lowest BCUT2D eigenvalue weighted by Crippen LogP contribution is -2.39. The maximum atomic E-state index is 13.0. The van der Waals surface area contributed by atoms with Crippen LogP contribution in [0.3, 0.4) is 0 Å². The zero-order valence-corrected chi connectivity index (χ0v) is 17.8. The van der Waals surface area contributed by atoms with Crippen LogP contribution in [0.4, 0.5) is 4.39 Å². The molecule has 3 aromatic rings. The number of amides is 1. The third kappa shape index (κ3) is 6.83. The first-order chi connectivity index (χ1) is 15.0. The van der Waals surface area contributed by atoms with Gasteiger partial charge in [-0.25, -0.2) is 4.39 Å². The molecule has 0 radical (unpaired) electrons. The third-order valence-corrected chi connectivity index (χ3v) is 4.86. The Morgan fingerprint density at radius 2 is 1.55 bits per heavy atom. The maximum absolute atomic E-state index is 13.0. The van der Waals surface area contributed by atoms with Crippen molar-refractivity contribution in [2.75, 3.05) is 33.9 Å². The average Bonchev–Trinajstić information content (AvgIpc) is 2.79.